The Morgan fingerprint density at radius 3 is 2.45 bits per heavy atom. The molecule has 6 nitrogen and oxygen atoms in total. The molecule has 160 valence electrons. The number of thioether (sulfide) groups is 2. The van der Waals surface area contributed by atoms with E-state index in [4.69, 9.17) is 0 Å². The number of carbonyl (C=O) groups is 1. The molecular weight excluding hydrogens is 450 g/mol. The predicted molar refractivity (Wildman–Crippen MR) is 128 cm³/mol. The first-order valence-corrected chi connectivity index (χ1v) is 12.7. The second-order valence-electron chi connectivity index (χ2n) is 6.92. The molecule has 2 heterocycles. The third kappa shape index (κ3) is 4.05. The average Bonchev–Trinajstić information content (AvgIpc) is 3.25. The summed E-state index contributed by atoms with van der Waals surface area (Å²) in [4.78, 5) is 18.1. The number of benzene rings is 2. The number of anilines is 1. The molecule has 0 bridgehead atoms. The molecule has 2 aromatic rings. The maximum absolute atomic E-state index is 13.2. The number of carbonyl (C=O) groups excluding carboxylic acids is 1. The highest BCUT2D eigenvalue weighted by atomic mass is 32.2. The molecule has 0 unspecified atom stereocenters. The Labute approximate surface area is 190 Å². The third-order valence-corrected chi connectivity index (χ3v) is 8.76. The zero-order chi connectivity index (χ0) is 22.2. The van der Waals surface area contributed by atoms with E-state index in [1.165, 1.54) is 16.7 Å². The fourth-order valence-corrected chi connectivity index (χ4v) is 6.78. The molecule has 31 heavy (non-hydrogen) atoms. The summed E-state index contributed by atoms with van der Waals surface area (Å²) in [5, 5.41) is 0.900. The van der Waals surface area contributed by atoms with Gasteiger partial charge in [-0.3, -0.25) is 9.69 Å². The maximum atomic E-state index is 13.2. The van der Waals surface area contributed by atoms with Gasteiger partial charge in [-0.25, -0.2) is 0 Å². The van der Waals surface area contributed by atoms with Gasteiger partial charge in [-0.1, -0.05) is 49.0 Å². The number of para-hydroxylation sites is 1. The summed E-state index contributed by atoms with van der Waals surface area (Å²) in [7, 11) is -2.06. The molecular formula is C22H21N3O3S3. The molecule has 9 heteroatoms. The van der Waals surface area contributed by atoms with Crippen LogP contribution in [0.5, 0.6) is 0 Å². The Morgan fingerprint density at radius 1 is 1.10 bits per heavy atom. The van der Waals surface area contributed by atoms with Gasteiger partial charge in [0, 0.05) is 18.5 Å². The van der Waals surface area contributed by atoms with Crippen molar-refractivity contribution in [2.45, 2.75) is 23.1 Å². The first kappa shape index (κ1) is 21.7. The zero-order valence-electron chi connectivity index (χ0n) is 17.1. The molecule has 0 N–H and O–H groups in total. The van der Waals surface area contributed by atoms with Gasteiger partial charge in [-0.05, 0) is 48.0 Å². The molecule has 1 fully saturated rings. The Bertz CT molecular complexity index is 1220. The lowest BCUT2D eigenvalue weighted by atomic mass is 10.2. The van der Waals surface area contributed by atoms with Gasteiger partial charge < -0.3 is 4.90 Å². The Hall–Kier alpha value is -2.49. The van der Waals surface area contributed by atoms with Crippen LogP contribution < -0.4 is 4.90 Å². The maximum Gasteiger partial charge on any atom is 0.284 e. The van der Waals surface area contributed by atoms with Crippen LogP contribution in [0.2, 0.25) is 0 Å². The standard InChI is InChI=1S/C22H21N3O3S3/c1-4-14-25-20(26)19(21-24(3)17-8-6-7-9-18(17)29-21)30-22(25)23-31(27,28)16-12-10-15(5-2)11-13-16/h4,6-13H,1,5,14H2,2-3H3/b21-19+,23-22-. The smallest absolute Gasteiger partial charge is 0.284 e. The highest BCUT2D eigenvalue weighted by molar-refractivity contribution is 8.19. The largest absolute Gasteiger partial charge is 0.337 e. The van der Waals surface area contributed by atoms with Gasteiger partial charge in [0.15, 0.2) is 5.17 Å². The number of sulfonamides is 1. The van der Waals surface area contributed by atoms with Crippen molar-refractivity contribution in [1.82, 2.24) is 4.90 Å². The molecule has 0 spiro atoms. The van der Waals surface area contributed by atoms with Crippen LogP contribution in [-0.2, 0) is 21.2 Å². The van der Waals surface area contributed by atoms with Crippen LogP contribution in [0, 0.1) is 0 Å². The van der Waals surface area contributed by atoms with Crippen molar-refractivity contribution in [3.8, 4) is 0 Å². The summed E-state index contributed by atoms with van der Waals surface area (Å²) >= 11 is 2.58. The molecule has 0 radical (unpaired) electrons. The monoisotopic (exact) mass is 471 g/mol. The number of amides is 1. The number of hydrogen-bond acceptors (Lipinski definition) is 6. The van der Waals surface area contributed by atoms with Crippen molar-refractivity contribution in [3.63, 3.8) is 0 Å². The zero-order valence-corrected chi connectivity index (χ0v) is 19.6. The first-order valence-electron chi connectivity index (χ1n) is 9.65. The van der Waals surface area contributed by atoms with E-state index >= 15 is 0 Å². The predicted octanol–water partition coefficient (Wildman–Crippen LogP) is 4.47. The van der Waals surface area contributed by atoms with Crippen molar-refractivity contribution in [2.24, 2.45) is 4.40 Å². The van der Waals surface area contributed by atoms with Crippen LogP contribution in [0.4, 0.5) is 5.69 Å². The molecule has 2 aliphatic heterocycles. The summed E-state index contributed by atoms with van der Waals surface area (Å²) in [5.74, 6) is -0.276. The highest BCUT2D eigenvalue weighted by Crippen LogP contribution is 2.49. The SMILES string of the molecule is C=CCN1C(=O)/C(=C2\Sc3ccccc3N2C)S/C1=N\S(=O)(=O)c1ccc(CC)cc1. The van der Waals surface area contributed by atoms with Crippen molar-refractivity contribution in [2.75, 3.05) is 18.5 Å². The molecule has 0 aliphatic carbocycles. The van der Waals surface area contributed by atoms with E-state index in [1.807, 2.05) is 43.1 Å². The van der Waals surface area contributed by atoms with Crippen LogP contribution in [0.25, 0.3) is 0 Å². The summed E-state index contributed by atoms with van der Waals surface area (Å²) in [6, 6.07) is 14.5. The lowest BCUT2D eigenvalue weighted by Gasteiger charge is -2.15. The second kappa shape index (κ2) is 8.57. The molecule has 0 aromatic heterocycles. The summed E-state index contributed by atoms with van der Waals surface area (Å²) in [6.07, 6.45) is 2.38. The van der Waals surface area contributed by atoms with Gasteiger partial charge in [-0.2, -0.15) is 8.42 Å². The number of aryl methyl sites for hydroxylation is 1. The molecule has 4 rings (SSSR count). The number of hydrogen-bond donors (Lipinski definition) is 0. The Morgan fingerprint density at radius 2 is 1.81 bits per heavy atom. The van der Waals surface area contributed by atoms with Crippen molar-refractivity contribution < 1.29 is 13.2 Å². The number of nitrogens with zero attached hydrogens (tertiary/aromatic N) is 3. The van der Waals surface area contributed by atoms with Crippen LogP contribution >= 0.6 is 23.5 Å². The summed E-state index contributed by atoms with van der Waals surface area (Å²) < 4.78 is 29.9. The first-order chi connectivity index (χ1) is 14.9. The van der Waals surface area contributed by atoms with Gasteiger partial charge in [0.2, 0.25) is 0 Å². The van der Waals surface area contributed by atoms with Crippen molar-refractivity contribution in [3.05, 3.63) is 76.7 Å². The van der Waals surface area contributed by atoms with Gasteiger partial charge >= 0.3 is 0 Å². The number of amidine groups is 1. The average molecular weight is 472 g/mol. The minimum atomic E-state index is -3.96. The molecule has 1 amide bonds. The molecule has 0 atom stereocenters. The van der Waals surface area contributed by atoms with Gasteiger partial charge in [-0.15, -0.1) is 11.0 Å². The van der Waals surface area contributed by atoms with E-state index in [-0.39, 0.29) is 22.5 Å². The van der Waals surface area contributed by atoms with E-state index in [1.54, 1.807) is 30.3 Å². The van der Waals surface area contributed by atoms with Crippen LogP contribution in [0.15, 0.2) is 85.3 Å². The van der Waals surface area contributed by atoms with E-state index in [0.29, 0.717) is 4.91 Å². The summed E-state index contributed by atoms with van der Waals surface area (Å²) in [6.45, 7) is 5.87. The van der Waals surface area contributed by atoms with Crippen LogP contribution in [0.1, 0.15) is 12.5 Å². The van der Waals surface area contributed by atoms with Gasteiger partial charge in [0.05, 0.1) is 15.6 Å². The molecule has 2 aromatic carbocycles. The molecule has 1 saturated heterocycles. The lowest BCUT2D eigenvalue weighted by Crippen LogP contribution is -2.30. The topological polar surface area (TPSA) is 70.1 Å². The molecule has 0 saturated carbocycles. The Kier molecular flexibility index (Phi) is 6.00. The van der Waals surface area contributed by atoms with Crippen molar-refractivity contribution >= 4 is 50.3 Å². The van der Waals surface area contributed by atoms with Crippen LogP contribution in [0.3, 0.4) is 0 Å². The van der Waals surface area contributed by atoms with E-state index in [2.05, 4.69) is 11.0 Å². The number of rotatable bonds is 5. The highest BCUT2D eigenvalue weighted by Gasteiger charge is 2.39. The Balaban J connectivity index is 1.73. The summed E-state index contributed by atoms with van der Waals surface area (Å²) in [5.41, 5.74) is 2.05. The number of fused-ring (bicyclic) bond motifs is 1. The fourth-order valence-electron chi connectivity index (χ4n) is 3.25. The van der Waals surface area contributed by atoms with Crippen LogP contribution in [-0.4, -0.2) is 38.0 Å². The minimum absolute atomic E-state index is 0.102. The fraction of sp³-hybridized carbons (Fsp3) is 0.182. The van der Waals surface area contributed by atoms with Crippen molar-refractivity contribution in [1.29, 1.82) is 0 Å². The van der Waals surface area contributed by atoms with Gasteiger partial charge in [0.25, 0.3) is 15.9 Å². The second-order valence-corrected chi connectivity index (χ2v) is 10.5. The lowest BCUT2D eigenvalue weighted by molar-refractivity contribution is -0.121. The molecule has 2 aliphatic rings. The normalized spacial score (nSPS) is 19.9. The van der Waals surface area contributed by atoms with Gasteiger partial charge in [0.1, 0.15) is 4.91 Å². The van der Waals surface area contributed by atoms with E-state index in [0.717, 1.165) is 39.4 Å². The quantitative estimate of drug-likeness (QED) is 0.474. The minimum Gasteiger partial charge on any atom is -0.337 e. The third-order valence-electron chi connectivity index (χ3n) is 4.94. The van der Waals surface area contributed by atoms with E-state index in [9.17, 15) is 13.2 Å². The van der Waals surface area contributed by atoms with E-state index < -0.39 is 10.0 Å².